The molecule has 2 fully saturated rings. The quantitative estimate of drug-likeness (QED) is 0.916. The summed E-state index contributed by atoms with van der Waals surface area (Å²) < 4.78 is 14.0. The summed E-state index contributed by atoms with van der Waals surface area (Å²) in [5.74, 6) is -0.136. The van der Waals surface area contributed by atoms with Crippen molar-refractivity contribution in [2.45, 2.75) is 37.1 Å². The molecule has 1 aliphatic heterocycles. The van der Waals surface area contributed by atoms with Gasteiger partial charge in [-0.15, -0.1) is 0 Å². The highest BCUT2D eigenvalue weighted by molar-refractivity contribution is 5.91. The molecule has 1 aromatic rings. The Labute approximate surface area is 119 Å². The second-order valence-electron chi connectivity index (χ2n) is 5.94. The van der Waals surface area contributed by atoms with Gasteiger partial charge in [0, 0.05) is 24.7 Å². The van der Waals surface area contributed by atoms with Crippen molar-refractivity contribution in [3.8, 4) is 0 Å². The summed E-state index contributed by atoms with van der Waals surface area (Å²) in [5.41, 5.74) is -0.00220. The van der Waals surface area contributed by atoms with Gasteiger partial charge < -0.3 is 10.2 Å². The number of nitrogens with one attached hydrogen (secondary N) is 1. The Bertz CT molecular complexity index is 513. The topological polar surface area (TPSA) is 32.3 Å². The Balaban J connectivity index is 1.82. The number of likely N-dealkylation sites (N-methyl/N-ethyl adjacent to an activating group) is 1. The van der Waals surface area contributed by atoms with Crippen molar-refractivity contribution >= 4 is 5.91 Å². The summed E-state index contributed by atoms with van der Waals surface area (Å²) >= 11 is 0. The zero-order valence-electron chi connectivity index (χ0n) is 11.9. The molecule has 2 aliphatic rings. The Morgan fingerprint density at radius 2 is 2.15 bits per heavy atom. The largest absolute Gasteiger partial charge is 0.340 e. The molecule has 1 heterocycles. The van der Waals surface area contributed by atoms with Crippen molar-refractivity contribution in [3.05, 3.63) is 35.6 Å². The van der Waals surface area contributed by atoms with Gasteiger partial charge in [0.05, 0.1) is 5.41 Å². The van der Waals surface area contributed by atoms with E-state index in [0.29, 0.717) is 11.6 Å². The van der Waals surface area contributed by atoms with Crippen LogP contribution in [0.3, 0.4) is 0 Å². The first-order valence-corrected chi connectivity index (χ1v) is 7.39. The molecular weight excluding hydrogens is 255 g/mol. The van der Waals surface area contributed by atoms with Gasteiger partial charge in [-0.25, -0.2) is 4.39 Å². The molecule has 4 heteroatoms. The van der Waals surface area contributed by atoms with Crippen molar-refractivity contribution in [2.24, 2.45) is 0 Å². The van der Waals surface area contributed by atoms with Crippen LogP contribution in [0.25, 0.3) is 0 Å². The smallest absolute Gasteiger partial charge is 0.233 e. The van der Waals surface area contributed by atoms with Crippen molar-refractivity contribution in [1.29, 1.82) is 0 Å². The van der Waals surface area contributed by atoms with E-state index in [1.54, 1.807) is 12.1 Å². The number of carbonyl (C=O) groups is 1. The summed E-state index contributed by atoms with van der Waals surface area (Å²) in [5, 5.41) is 3.24. The number of benzene rings is 1. The number of carbonyl (C=O) groups excluding carboxylic acids is 1. The van der Waals surface area contributed by atoms with Crippen LogP contribution < -0.4 is 5.32 Å². The lowest BCUT2D eigenvalue weighted by Gasteiger charge is -2.35. The highest BCUT2D eigenvalue weighted by Gasteiger charge is 2.54. The molecule has 1 unspecified atom stereocenters. The van der Waals surface area contributed by atoms with Gasteiger partial charge in [-0.05, 0) is 38.8 Å². The van der Waals surface area contributed by atoms with Crippen molar-refractivity contribution in [1.82, 2.24) is 10.2 Å². The van der Waals surface area contributed by atoms with Gasteiger partial charge in [-0.1, -0.05) is 18.2 Å². The average Bonchev–Trinajstić information content (AvgIpc) is 3.28. The van der Waals surface area contributed by atoms with Crippen LogP contribution in [-0.2, 0) is 10.2 Å². The van der Waals surface area contributed by atoms with Gasteiger partial charge in [0.2, 0.25) is 5.91 Å². The number of piperidine rings is 1. The Hall–Kier alpha value is -1.42. The Morgan fingerprint density at radius 3 is 2.80 bits per heavy atom. The first kappa shape index (κ1) is 13.6. The molecule has 0 radical (unpaired) electrons. The maximum absolute atomic E-state index is 14.0. The molecule has 1 saturated carbocycles. The molecule has 1 aromatic carbocycles. The molecule has 3 rings (SSSR count). The Morgan fingerprint density at radius 1 is 1.40 bits per heavy atom. The highest BCUT2D eigenvalue weighted by Crippen LogP contribution is 2.50. The molecular formula is C16H21FN2O. The molecule has 1 aliphatic carbocycles. The van der Waals surface area contributed by atoms with Crippen LogP contribution >= 0.6 is 0 Å². The van der Waals surface area contributed by atoms with E-state index in [4.69, 9.17) is 0 Å². The monoisotopic (exact) mass is 276 g/mol. The van der Waals surface area contributed by atoms with Crippen molar-refractivity contribution in [3.63, 3.8) is 0 Å². The average molecular weight is 276 g/mol. The molecule has 108 valence electrons. The number of rotatable bonds is 3. The summed E-state index contributed by atoms with van der Waals surface area (Å²) in [6.45, 7) is 1.54. The van der Waals surface area contributed by atoms with E-state index in [-0.39, 0.29) is 11.7 Å². The first-order valence-electron chi connectivity index (χ1n) is 7.39. The number of hydrogen-bond donors (Lipinski definition) is 1. The van der Waals surface area contributed by atoms with E-state index in [1.165, 1.54) is 6.07 Å². The molecule has 0 bridgehead atoms. The third-order valence-electron chi connectivity index (χ3n) is 4.67. The highest BCUT2D eigenvalue weighted by atomic mass is 19.1. The van der Waals surface area contributed by atoms with Crippen LogP contribution in [0.4, 0.5) is 4.39 Å². The van der Waals surface area contributed by atoms with E-state index in [0.717, 1.165) is 38.8 Å². The van der Waals surface area contributed by atoms with Crippen LogP contribution in [0, 0.1) is 5.82 Å². The van der Waals surface area contributed by atoms with Crippen LogP contribution in [0.15, 0.2) is 24.3 Å². The summed E-state index contributed by atoms with van der Waals surface area (Å²) in [6.07, 6.45) is 3.67. The molecule has 1 N–H and O–H groups in total. The minimum absolute atomic E-state index is 0.113. The van der Waals surface area contributed by atoms with Crippen LogP contribution in [-0.4, -0.2) is 37.0 Å². The minimum atomic E-state index is -0.582. The van der Waals surface area contributed by atoms with Gasteiger partial charge in [-0.2, -0.15) is 0 Å². The molecule has 1 amide bonds. The zero-order chi connectivity index (χ0) is 14.2. The summed E-state index contributed by atoms with van der Waals surface area (Å²) in [6, 6.07) is 7.08. The molecule has 20 heavy (non-hydrogen) atoms. The van der Waals surface area contributed by atoms with E-state index in [1.807, 2.05) is 18.0 Å². The number of amides is 1. The fraction of sp³-hybridized carbons (Fsp3) is 0.562. The van der Waals surface area contributed by atoms with Crippen molar-refractivity contribution in [2.75, 3.05) is 20.1 Å². The first-order chi connectivity index (χ1) is 9.67. The standard InChI is InChI=1S/C16H21FN2O/c1-18-12-5-4-10-19(11-12)15(20)16(8-9-16)13-6-2-3-7-14(13)17/h2-3,6-7,12,18H,4-5,8-11H2,1H3. The second kappa shape index (κ2) is 5.17. The van der Waals surface area contributed by atoms with Gasteiger partial charge in [-0.3, -0.25) is 4.79 Å². The van der Waals surface area contributed by atoms with Crippen LogP contribution in [0.5, 0.6) is 0 Å². The number of likely N-dealkylation sites (tertiary alicyclic amines) is 1. The maximum atomic E-state index is 14.0. The maximum Gasteiger partial charge on any atom is 0.233 e. The lowest BCUT2D eigenvalue weighted by Crippen LogP contribution is -2.50. The predicted octanol–water partition coefficient (Wildman–Crippen LogP) is 2.07. The van der Waals surface area contributed by atoms with E-state index in [9.17, 15) is 9.18 Å². The minimum Gasteiger partial charge on any atom is -0.340 e. The molecule has 0 aromatic heterocycles. The second-order valence-corrected chi connectivity index (χ2v) is 5.94. The van der Waals surface area contributed by atoms with Gasteiger partial charge >= 0.3 is 0 Å². The normalized spacial score (nSPS) is 24.5. The number of nitrogens with zero attached hydrogens (tertiary/aromatic N) is 1. The third kappa shape index (κ3) is 2.22. The zero-order valence-corrected chi connectivity index (χ0v) is 11.9. The Kier molecular flexibility index (Phi) is 3.50. The van der Waals surface area contributed by atoms with Crippen molar-refractivity contribution < 1.29 is 9.18 Å². The lowest BCUT2D eigenvalue weighted by atomic mass is 9.92. The van der Waals surface area contributed by atoms with E-state index >= 15 is 0 Å². The molecule has 1 atom stereocenters. The summed E-state index contributed by atoms with van der Waals surface area (Å²) in [7, 11) is 1.93. The van der Waals surface area contributed by atoms with Gasteiger partial charge in [0.1, 0.15) is 5.82 Å². The number of halogens is 1. The fourth-order valence-corrected chi connectivity index (χ4v) is 3.27. The summed E-state index contributed by atoms with van der Waals surface area (Å²) in [4.78, 5) is 14.7. The van der Waals surface area contributed by atoms with E-state index < -0.39 is 5.41 Å². The van der Waals surface area contributed by atoms with Gasteiger partial charge in [0.15, 0.2) is 0 Å². The molecule has 3 nitrogen and oxygen atoms in total. The molecule has 0 spiro atoms. The fourth-order valence-electron chi connectivity index (χ4n) is 3.27. The van der Waals surface area contributed by atoms with Crippen LogP contribution in [0.2, 0.25) is 0 Å². The van der Waals surface area contributed by atoms with Gasteiger partial charge in [0.25, 0.3) is 0 Å². The van der Waals surface area contributed by atoms with E-state index in [2.05, 4.69) is 5.32 Å². The van der Waals surface area contributed by atoms with Crippen LogP contribution in [0.1, 0.15) is 31.2 Å². The lowest BCUT2D eigenvalue weighted by molar-refractivity contribution is -0.135. The number of hydrogen-bond acceptors (Lipinski definition) is 2. The third-order valence-corrected chi connectivity index (χ3v) is 4.67. The SMILES string of the molecule is CNC1CCCN(C(=O)C2(c3ccccc3F)CC2)C1. The molecule has 1 saturated heterocycles. The predicted molar refractivity (Wildman–Crippen MR) is 76.0 cm³/mol.